The zero-order valence-corrected chi connectivity index (χ0v) is 17.5. The average Bonchev–Trinajstić information content (AvgIpc) is 3.00. The smallest absolute Gasteiger partial charge is 0.305 e. The van der Waals surface area contributed by atoms with Crippen molar-refractivity contribution < 1.29 is 14.7 Å². The van der Waals surface area contributed by atoms with Gasteiger partial charge in [0.1, 0.15) is 5.82 Å². The van der Waals surface area contributed by atoms with Crippen molar-refractivity contribution in [1.82, 2.24) is 20.2 Å². The van der Waals surface area contributed by atoms with Crippen molar-refractivity contribution >= 4 is 28.6 Å². The van der Waals surface area contributed by atoms with E-state index in [0.29, 0.717) is 5.56 Å². The van der Waals surface area contributed by atoms with Crippen LogP contribution in [0.3, 0.4) is 0 Å². The van der Waals surface area contributed by atoms with E-state index in [9.17, 15) is 9.59 Å². The number of nitrogens with zero attached hydrogens (tertiary/aromatic N) is 3. The van der Waals surface area contributed by atoms with E-state index in [1.807, 2.05) is 38.2 Å². The van der Waals surface area contributed by atoms with Crippen LogP contribution in [0.2, 0.25) is 0 Å². The van der Waals surface area contributed by atoms with E-state index in [1.165, 1.54) is 12.8 Å². The van der Waals surface area contributed by atoms with Crippen molar-refractivity contribution in [2.45, 2.75) is 32.1 Å². The average molecular weight is 402 g/mol. The molecule has 0 saturated carbocycles. The van der Waals surface area contributed by atoms with Crippen LogP contribution in [-0.2, 0) is 18.3 Å². The van der Waals surface area contributed by atoms with Gasteiger partial charge in [-0.05, 0) is 50.4 Å². The lowest BCUT2D eigenvalue weighted by Gasteiger charge is -2.22. The number of amides is 1. The summed E-state index contributed by atoms with van der Waals surface area (Å²) in [6.45, 7) is 2.29. The number of carbonyl (C=O) groups is 2. The van der Waals surface area contributed by atoms with Crippen LogP contribution in [0, 0.1) is 5.92 Å². The van der Waals surface area contributed by atoms with E-state index >= 15 is 0 Å². The molecule has 0 atom stereocenters. The molecular weight excluding hydrogens is 370 g/mol. The summed E-state index contributed by atoms with van der Waals surface area (Å²) in [5.41, 5.74) is 3.09. The number of aryl methyl sites for hydroxylation is 2. The molecule has 3 N–H and O–H groups in total. The Hall–Kier alpha value is -2.61. The molecule has 1 aromatic carbocycles. The second-order valence-corrected chi connectivity index (χ2v) is 7.97. The molecule has 1 fully saturated rings. The van der Waals surface area contributed by atoms with E-state index in [2.05, 4.69) is 15.2 Å². The summed E-state index contributed by atoms with van der Waals surface area (Å²) in [6, 6.07) is 3.80. The Morgan fingerprint density at radius 3 is 2.69 bits per heavy atom. The van der Waals surface area contributed by atoms with Gasteiger partial charge >= 0.3 is 5.97 Å². The molecule has 2 heterocycles. The van der Waals surface area contributed by atoms with E-state index < -0.39 is 5.97 Å². The maximum atomic E-state index is 12.6. The minimum atomic E-state index is -0.934. The highest BCUT2D eigenvalue weighted by Gasteiger charge is 2.19. The second kappa shape index (κ2) is 9.26. The van der Waals surface area contributed by atoms with E-state index in [1.54, 1.807) is 0 Å². The van der Waals surface area contributed by atoms with Crippen molar-refractivity contribution in [2.24, 2.45) is 13.0 Å². The number of carboxylic acids is 1. The van der Waals surface area contributed by atoms with Gasteiger partial charge in [0.2, 0.25) is 0 Å². The highest BCUT2D eigenvalue weighted by atomic mass is 16.4. The van der Waals surface area contributed by atoms with Gasteiger partial charge in [0.05, 0.1) is 28.7 Å². The summed E-state index contributed by atoms with van der Waals surface area (Å²) >= 11 is 0. The maximum Gasteiger partial charge on any atom is 0.305 e. The van der Waals surface area contributed by atoms with Gasteiger partial charge in [0.25, 0.3) is 5.91 Å². The van der Waals surface area contributed by atoms with E-state index in [-0.39, 0.29) is 18.9 Å². The van der Waals surface area contributed by atoms with Crippen LogP contribution in [0.1, 0.15) is 41.9 Å². The number of fused-ring (bicyclic) bond motifs is 1. The predicted molar refractivity (Wildman–Crippen MR) is 114 cm³/mol. The summed E-state index contributed by atoms with van der Waals surface area (Å²) in [5, 5.41) is 14.9. The number of anilines is 1. The molecule has 0 aliphatic carbocycles. The molecule has 3 rings (SSSR count). The van der Waals surface area contributed by atoms with Crippen molar-refractivity contribution in [3.8, 4) is 0 Å². The van der Waals surface area contributed by atoms with Gasteiger partial charge in [-0.1, -0.05) is 0 Å². The highest BCUT2D eigenvalue weighted by Crippen LogP contribution is 2.27. The largest absolute Gasteiger partial charge is 0.481 e. The van der Waals surface area contributed by atoms with Gasteiger partial charge in [-0.3, -0.25) is 9.59 Å². The van der Waals surface area contributed by atoms with Crippen LogP contribution in [0.5, 0.6) is 0 Å². The number of nitrogens with one attached hydrogen (secondary N) is 2. The quantitative estimate of drug-likeness (QED) is 0.624. The Kier molecular flexibility index (Phi) is 6.74. The number of hydrogen-bond acceptors (Lipinski definition) is 5. The molecule has 1 aliphatic rings. The van der Waals surface area contributed by atoms with Crippen LogP contribution in [0.4, 0.5) is 5.69 Å². The van der Waals surface area contributed by atoms with E-state index in [0.717, 1.165) is 54.4 Å². The van der Waals surface area contributed by atoms with Crippen molar-refractivity contribution in [2.75, 3.05) is 38.6 Å². The summed E-state index contributed by atoms with van der Waals surface area (Å²) in [7, 11) is 5.81. The third-order valence-corrected chi connectivity index (χ3v) is 5.68. The van der Waals surface area contributed by atoms with Gasteiger partial charge in [0, 0.05) is 34.1 Å². The van der Waals surface area contributed by atoms with Gasteiger partial charge < -0.3 is 25.2 Å². The number of imidazole rings is 1. The number of aromatic nitrogens is 2. The Bertz CT molecular complexity index is 884. The molecule has 0 spiro atoms. The topological polar surface area (TPSA) is 99.5 Å². The normalized spacial score (nSPS) is 14.9. The molecule has 29 heavy (non-hydrogen) atoms. The summed E-state index contributed by atoms with van der Waals surface area (Å²) < 4.78 is 2.12. The minimum Gasteiger partial charge on any atom is -0.481 e. The lowest BCUT2D eigenvalue weighted by molar-refractivity contribution is -0.136. The Morgan fingerprint density at radius 1 is 1.31 bits per heavy atom. The lowest BCUT2D eigenvalue weighted by atomic mass is 9.93. The van der Waals surface area contributed by atoms with Gasteiger partial charge in [-0.15, -0.1) is 0 Å². The van der Waals surface area contributed by atoms with Crippen LogP contribution in [0.25, 0.3) is 11.0 Å². The molecule has 1 amide bonds. The number of benzene rings is 1. The molecule has 158 valence electrons. The van der Waals surface area contributed by atoms with Gasteiger partial charge in [0.15, 0.2) is 0 Å². The molecule has 1 aromatic heterocycles. The maximum absolute atomic E-state index is 12.6. The van der Waals surface area contributed by atoms with Crippen molar-refractivity contribution in [3.05, 3.63) is 23.5 Å². The number of hydrogen-bond donors (Lipinski definition) is 3. The summed E-state index contributed by atoms with van der Waals surface area (Å²) in [5.74, 6) is 0.561. The predicted octanol–water partition coefficient (Wildman–Crippen LogP) is 1.78. The lowest BCUT2D eigenvalue weighted by Crippen LogP contribution is -2.28. The van der Waals surface area contributed by atoms with Crippen LogP contribution in [-0.4, -0.2) is 60.3 Å². The zero-order chi connectivity index (χ0) is 21.0. The number of rotatable bonds is 8. The SMILES string of the molecule is CN(C)c1cc2c(cc1C(=O)NCCC(=O)O)nc(CCC1CCNCC1)n2C. The number of aliphatic carboxylic acids is 1. The third-order valence-electron chi connectivity index (χ3n) is 5.68. The number of carbonyl (C=O) groups excluding carboxylic acids is 1. The van der Waals surface area contributed by atoms with Crippen LogP contribution in [0.15, 0.2) is 12.1 Å². The second-order valence-electron chi connectivity index (χ2n) is 7.97. The molecule has 8 heteroatoms. The molecule has 2 aromatic rings. The number of carboxylic acid groups (broad SMARTS) is 1. The molecule has 0 radical (unpaired) electrons. The van der Waals surface area contributed by atoms with Crippen LogP contribution < -0.4 is 15.5 Å². The first-order chi connectivity index (χ1) is 13.9. The first-order valence-corrected chi connectivity index (χ1v) is 10.2. The van der Waals surface area contributed by atoms with Crippen molar-refractivity contribution in [3.63, 3.8) is 0 Å². The first kappa shape index (κ1) is 21.1. The number of piperidine rings is 1. The standard InChI is InChI=1S/C21H31N5O3/c1-25(2)17-13-18-16(12-15(17)21(29)23-11-8-20(27)28)24-19(26(18)3)5-4-14-6-9-22-10-7-14/h12-14,22H,4-11H2,1-3H3,(H,23,29)(H,27,28). The monoisotopic (exact) mass is 401 g/mol. The summed E-state index contributed by atoms with van der Waals surface area (Å²) in [4.78, 5) is 30.1. The zero-order valence-electron chi connectivity index (χ0n) is 17.5. The Labute approximate surface area is 171 Å². The molecule has 1 saturated heterocycles. The molecule has 8 nitrogen and oxygen atoms in total. The first-order valence-electron chi connectivity index (χ1n) is 10.2. The molecular formula is C21H31N5O3. The summed E-state index contributed by atoms with van der Waals surface area (Å²) in [6.07, 6.45) is 4.38. The van der Waals surface area contributed by atoms with Gasteiger partial charge in [-0.25, -0.2) is 4.98 Å². The van der Waals surface area contributed by atoms with E-state index in [4.69, 9.17) is 10.1 Å². The molecule has 0 bridgehead atoms. The fourth-order valence-corrected chi connectivity index (χ4v) is 3.93. The van der Waals surface area contributed by atoms with Crippen molar-refractivity contribution in [1.29, 1.82) is 0 Å². The molecule has 0 unspecified atom stereocenters. The minimum absolute atomic E-state index is 0.1000. The fourth-order valence-electron chi connectivity index (χ4n) is 3.93. The molecule has 1 aliphatic heterocycles. The highest BCUT2D eigenvalue weighted by molar-refractivity contribution is 6.03. The Morgan fingerprint density at radius 2 is 2.03 bits per heavy atom. The Balaban J connectivity index is 1.83. The van der Waals surface area contributed by atoms with Crippen LogP contribution >= 0.6 is 0 Å². The fraction of sp³-hybridized carbons (Fsp3) is 0.571. The van der Waals surface area contributed by atoms with Gasteiger partial charge in [-0.2, -0.15) is 0 Å². The third kappa shape index (κ3) is 5.06.